The molecular formula is C13H16N4O2. The van der Waals surface area contributed by atoms with Crippen LogP contribution in [0.3, 0.4) is 0 Å². The molecule has 0 spiro atoms. The van der Waals surface area contributed by atoms with Gasteiger partial charge in [-0.15, -0.1) is 0 Å². The highest BCUT2D eigenvalue weighted by Crippen LogP contribution is 2.14. The lowest BCUT2D eigenvalue weighted by atomic mass is 10.1. The molecule has 19 heavy (non-hydrogen) atoms. The van der Waals surface area contributed by atoms with Gasteiger partial charge in [0.15, 0.2) is 0 Å². The van der Waals surface area contributed by atoms with E-state index in [9.17, 15) is 4.79 Å². The van der Waals surface area contributed by atoms with Crippen LogP contribution in [0.4, 0.5) is 5.82 Å². The standard InChI is InChI=1S/C13H16N4O2/c1-19-5-4-13(18)17-8-11(9-17)16-12-3-2-10(6-14)7-15-12/h2-3,7,11H,4-5,8-9H2,1H3,(H,15,16). The highest BCUT2D eigenvalue weighted by Gasteiger charge is 2.30. The molecule has 0 bridgehead atoms. The maximum atomic E-state index is 11.6. The highest BCUT2D eigenvalue weighted by atomic mass is 16.5. The number of nitrogens with zero attached hydrogens (tertiary/aromatic N) is 3. The SMILES string of the molecule is COCCC(=O)N1CC(Nc2ccc(C#N)cn2)C1. The van der Waals surface area contributed by atoms with Gasteiger partial charge in [-0.3, -0.25) is 4.79 Å². The molecule has 0 unspecified atom stereocenters. The molecule has 1 aromatic heterocycles. The molecule has 6 nitrogen and oxygen atoms in total. The zero-order valence-electron chi connectivity index (χ0n) is 10.8. The molecule has 1 saturated heterocycles. The van der Waals surface area contributed by atoms with Crippen molar-refractivity contribution in [3.05, 3.63) is 23.9 Å². The van der Waals surface area contributed by atoms with Gasteiger partial charge in [0.1, 0.15) is 11.9 Å². The van der Waals surface area contributed by atoms with Crippen molar-refractivity contribution in [1.82, 2.24) is 9.88 Å². The van der Waals surface area contributed by atoms with Crippen molar-refractivity contribution in [2.45, 2.75) is 12.5 Å². The van der Waals surface area contributed by atoms with Gasteiger partial charge in [0.05, 0.1) is 24.6 Å². The minimum Gasteiger partial charge on any atom is -0.384 e. The van der Waals surface area contributed by atoms with Crippen molar-refractivity contribution in [2.75, 3.05) is 32.1 Å². The molecule has 0 atom stereocenters. The minimum atomic E-state index is 0.118. The average Bonchev–Trinajstić information content (AvgIpc) is 2.40. The van der Waals surface area contributed by atoms with Gasteiger partial charge in [0.2, 0.25) is 5.91 Å². The number of rotatable bonds is 5. The summed E-state index contributed by atoms with van der Waals surface area (Å²) in [6, 6.07) is 5.74. The normalized spacial score (nSPS) is 14.6. The topological polar surface area (TPSA) is 78.2 Å². The molecule has 0 aromatic carbocycles. The van der Waals surface area contributed by atoms with Crippen molar-refractivity contribution in [3.63, 3.8) is 0 Å². The monoisotopic (exact) mass is 260 g/mol. The summed E-state index contributed by atoms with van der Waals surface area (Å²) in [6.07, 6.45) is 1.96. The Labute approximate surface area is 112 Å². The summed E-state index contributed by atoms with van der Waals surface area (Å²) in [6.45, 7) is 1.83. The van der Waals surface area contributed by atoms with Crippen LogP contribution in [-0.2, 0) is 9.53 Å². The second kappa shape index (κ2) is 6.16. The fourth-order valence-electron chi connectivity index (χ4n) is 1.88. The smallest absolute Gasteiger partial charge is 0.225 e. The molecule has 2 heterocycles. The molecule has 1 N–H and O–H groups in total. The number of carbonyl (C=O) groups is 1. The van der Waals surface area contributed by atoms with Crippen molar-refractivity contribution >= 4 is 11.7 Å². The van der Waals surface area contributed by atoms with Gasteiger partial charge < -0.3 is 15.0 Å². The highest BCUT2D eigenvalue weighted by molar-refractivity contribution is 5.77. The molecule has 6 heteroatoms. The second-order valence-corrected chi connectivity index (χ2v) is 4.43. The van der Waals surface area contributed by atoms with Crippen molar-refractivity contribution in [3.8, 4) is 6.07 Å². The fraction of sp³-hybridized carbons (Fsp3) is 0.462. The van der Waals surface area contributed by atoms with Crippen LogP contribution in [0.5, 0.6) is 0 Å². The fourth-order valence-corrected chi connectivity index (χ4v) is 1.88. The number of methoxy groups -OCH3 is 1. The van der Waals surface area contributed by atoms with Gasteiger partial charge in [-0.1, -0.05) is 0 Å². The van der Waals surface area contributed by atoms with E-state index in [1.807, 2.05) is 6.07 Å². The predicted octanol–water partition coefficient (Wildman–Crippen LogP) is 0.612. The molecule has 1 amide bonds. The maximum absolute atomic E-state index is 11.6. The Kier molecular flexibility index (Phi) is 4.31. The van der Waals surface area contributed by atoms with E-state index in [0.29, 0.717) is 31.7 Å². The maximum Gasteiger partial charge on any atom is 0.225 e. The third-order valence-electron chi connectivity index (χ3n) is 3.00. The van der Waals surface area contributed by atoms with Gasteiger partial charge in [0, 0.05) is 26.4 Å². The number of aromatic nitrogens is 1. The average molecular weight is 260 g/mol. The Balaban J connectivity index is 1.75. The zero-order valence-corrected chi connectivity index (χ0v) is 10.8. The number of pyridine rings is 1. The van der Waals surface area contributed by atoms with Gasteiger partial charge in [-0.25, -0.2) is 4.98 Å². The molecular weight excluding hydrogens is 244 g/mol. The molecule has 0 aliphatic carbocycles. The van der Waals surface area contributed by atoms with Gasteiger partial charge >= 0.3 is 0 Å². The Morgan fingerprint density at radius 1 is 1.63 bits per heavy atom. The van der Waals surface area contributed by atoms with Crippen LogP contribution in [0.15, 0.2) is 18.3 Å². The number of carbonyl (C=O) groups excluding carboxylic acids is 1. The molecule has 1 aliphatic heterocycles. The zero-order chi connectivity index (χ0) is 13.7. The molecule has 1 aromatic rings. The van der Waals surface area contributed by atoms with E-state index in [1.165, 1.54) is 6.20 Å². The number of nitriles is 1. The lowest BCUT2D eigenvalue weighted by Crippen LogP contribution is -2.57. The minimum absolute atomic E-state index is 0.118. The van der Waals surface area contributed by atoms with Crippen LogP contribution in [0.25, 0.3) is 0 Å². The van der Waals surface area contributed by atoms with E-state index in [0.717, 1.165) is 5.82 Å². The summed E-state index contributed by atoms with van der Waals surface area (Å²) < 4.78 is 4.88. The lowest BCUT2D eigenvalue weighted by molar-refractivity contribution is -0.136. The van der Waals surface area contributed by atoms with Crippen molar-refractivity contribution < 1.29 is 9.53 Å². The Morgan fingerprint density at radius 2 is 2.42 bits per heavy atom. The Bertz CT molecular complexity index is 474. The summed E-state index contributed by atoms with van der Waals surface area (Å²) in [5.74, 6) is 0.848. The number of hydrogen-bond acceptors (Lipinski definition) is 5. The first kappa shape index (κ1) is 13.3. The Hall–Kier alpha value is -2.13. The van der Waals surface area contributed by atoms with E-state index >= 15 is 0 Å². The van der Waals surface area contributed by atoms with E-state index in [-0.39, 0.29) is 11.9 Å². The van der Waals surface area contributed by atoms with Crippen LogP contribution in [-0.4, -0.2) is 48.6 Å². The first-order chi connectivity index (χ1) is 9.22. The molecule has 0 radical (unpaired) electrons. The summed E-state index contributed by atoms with van der Waals surface area (Å²) >= 11 is 0. The number of anilines is 1. The predicted molar refractivity (Wildman–Crippen MR) is 69.4 cm³/mol. The summed E-state index contributed by atoms with van der Waals surface area (Å²) in [4.78, 5) is 17.6. The van der Waals surface area contributed by atoms with Crippen molar-refractivity contribution in [2.24, 2.45) is 0 Å². The number of likely N-dealkylation sites (tertiary alicyclic amines) is 1. The molecule has 0 saturated carbocycles. The first-order valence-electron chi connectivity index (χ1n) is 6.12. The Morgan fingerprint density at radius 3 is 3.00 bits per heavy atom. The number of hydrogen-bond donors (Lipinski definition) is 1. The summed E-state index contributed by atoms with van der Waals surface area (Å²) in [7, 11) is 1.59. The molecule has 100 valence electrons. The van der Waals surface area contributed by atoms with Crippen LogP contribution >= 0.6 is 0 Å². The van der Waals surface area contributed by atoms with Crippen molar-refractivity contribution in [1.29, 1.82) is 5.26 Å². The van der Waals surface area contributed by atoms with E-state index in [1.54, 1.807) is 24.1 Å². The second-order valence-electron chi connectivity index (χ2n) is 4.43. The quantitative estimate of drug-likeness (QED) is 0.839. The largest absolute Gasteiger partial charge is 0.384 e. The van der Waals surface area contributed by atoms with E-state index in [4.69, 9.17) is 10.00 Å². The number of amides is 1. The summed E-state index contributed by atoms with van der Waals surface area (Å²) in [5.41, 5.74) is 0.538. The van der Waals surface area contributed by atoms with Gasteiger partial charge in [-0.2, -0.15) is 5.26 Å². The third kappa shape index (κ3) is 3.42. The van der Waals surface area contributed by atoms with Gasteiger partial charge in [0.25, 0.3) is 0 Å². The van der Waals surface area contributed by atoms with Gasteiger partial charge in [-0.05, 0) is 12.1 Å². The number of ether oxygens (including phenoxy) is 1. The third-order valence-corrected chi connectivity index (χ3v) is 3.00. The van der Waals surface area contributed by atoms with Crippen LogP contribution in [0.1, 0.15) is 12.0 Å². The first-order valence-corrected chi connectivity index (χ1v) is 6.12. The summed E-state index contributed by atoms with van der Waals surface area (Å²) in [5, 5.41) is 11.9. The molecule has 1 fully saturated rings. The van der Waals surface area contributed by atoms with E-state index in [2.05, 4.69) is 10.3 Å². The van der Waals surface area contributed by atoms with E-state index < -0.39 is 0 Å². The molecule has 2 rings (SSSR count). The number of nitrogens with one attached hydrogen (secondary N) is 1. The van der Waals surface area contributed by atoms with Crippen LogP contribution < -0.4 is 5.32 Å². The van der Waals surface area contributed by atoms with Crippen LogP contribution in [0, 0.1) is 11.3 Å². The lowest BCUT2D eigenvalue weighted by Gasteiger charge is -2.39. The van der Waals surface area contributed by atoms with Crippen LogP contribution in [0.2, 0.25) is 0 Å². The molecule has 1 aliphatic rings.